The van der Waals surface area contributed by atoms with Gasteiger partial charge in [0.05, 0.1) is 11.3 Å². The van der Waals surface area contributed by atoms with Crippen LogP contribution in [0.2, 0.25) is 0 Å². The summed E-state index contributed by atoms with van der Waals surface area (Å²) in [6.45, 7) is 1.05. The molecule has 1 saturated carbocycles. The first kappa shape index (κ1) is 12.3. The van der Waals surface area contributed by atoms with E-state index in [1.54, 1.807) is 0 Å². The number of nitrogens with zero attached hydrogens (tertiary/aromatic N) is 2. The molecular weight excluding hydrogens is 232 g/mol. The topological polar surface area (TPSA) is 27.0 Å². The second kappa shape index (κ2) is 5.42. The SMILES string of the molecule is CN(CC1CCC1)c1ccc(CCl)cc1C#N. The van der Waals surface area contributed by atoms with Crippen molar-refractivity contribution in [2.75, 3.05) is 18.5 Å². The third-order valence-corrected chi connectivity index (χ3v) is 3.81. The molecule has 0 heterocycles. The summed E-state index contributed by atoms with van der Waals surface area (Å²) in [5, 5.41) is 9.17. The van der Waals surface area contributed by atoms with E-state index in [2.05, 4.69) is 18.0 Å². The Bertz CT molecular complexity index is 432. The highest BCUT2D eigenvalue weighted by Gasteiger charge is 2.20. The zero-order valence-corrected chi connectivity index (χ0v) is 10.9. The quantitative estimate of drug-likeness (QED) is 0.763. The van der Waals surface area contributed by atoms with E-state index in [1.165, 1.54) is 19.3 Å². The molecule has 0 amide bonds. The van der Waals surface area contributed by atoms with Gasteiger partial charge in [0, 0.05) is 19.5 Å². The summed E-state index contributed by atoms with van der Waals surface area (Å²) in [6, 6.07) is 8.16. The molecule has 1 aliphatic carbocycles. The molecular formula is C14H17ClN2. The number of benzene rings is 1. The van der Waals surface area contributed by atoms with Gasteiger partial charge in [0.2, 0.25) is 0 Å². The number of hydrogen-bond acceptors (Lipinski definition) is 2. The number of anilines is 1. The van der Waals surface area contributed by atoms with Crippen molar-refractivity contribution in [3.63, 3.8) is 0 Å². The smallest absolute Gasteiger partial charge is 0.101 e. The van der Waals surface area contributed by atoms with Crippen LogP contribution < -0.4 is 4.90 Å². The first-order valence-electron chi connectivity index (χ1n) is 6.04. The summed E-state index contributed by atoms with van der Waals surface area (Å²) in [6.07, 6.45) is 4.01. The standard InChI is InChI=1S/C14H17ClN2/c1-17(10-11-3-2-4-11)14-6-5-12(8-15)7-13(14)9-16/h5-7,11H,2-4,8,10H2,1H3. The van der Waals surface area contributed by atoms with Crippen molar-refractivity contribution in [2.24, 2.45) is 5.92 Å². The van der Waals surface area contributed by atoms with Crippen LogP contribution in [0.5, 0.6) is 0 Å². The minimum absolute atomic E-state index is 0.460. The van der Waals surface area contributed by atoms with Crippen molar-refractivity contribution in [3.05, 3.63) is 29.3 Å². The third kappa shape index (κ3) is 2.73. The van der Waals surface area contributed by atoms with Gasteiger partial charge < -0.3 is 4.90 Å². The van der Waals surface area contributed by atoms with E-state index >= 15 is 0 Å². The summed E-state index contributed by atoms with van der Waals surface area (Å²) in [5.74, 6) is 1.26. The number of hydrogen-bond donors (Lipinski definition) is 0. The van der Waals surface area contributed by atoms with Crippen LogP contribution in [-0.2, 0) is 5.88 Å². The van der Waals surface area contributed by atoms with Crippen LogP contribution in [0.1, 0.15) is 30.4 Å². The fourth-order valence-electron chi connectivity index (χ4n) is 2.25. The van der Waals surface area contributed by atoms with Gasteiger partial charge in [-0.3, -0.25) is 0 Å². The lowest BCUT2D eigenvalue weighted by Gasteiger charge is -2.31. The summed E-state index contributed by atoms with van der Waals surface area (Å²) in [4.78, 5) is 2.19. The van der Waals surface area contributed by atoms with Gasteiger partial charge in [-0.15, -0.1) is 11.6 Å². The minimum Gasteiger partial charge on any atom is -0.373 e. The van der Waals surface area contributed by atoms with E-state index < -0.39 is 0 Å². The molecule has 2 rings (SSSR count). The fraction of sp³-hybridized carbons (Fsp3) is 0.500. The lowest BCUT2D eigenvalue weighted by molar-refractivity contribution is 0.321. The third-order valence-electron chi connectivity index (χ3n) is 3.50. The van der Waals surface area contributed by atoms with Crippen molar-refractivity contribution in [1.82, 2.24) is 0 Å². The molecule has 0 aliphatic heterocycles. The predicted molar refractivity (Wildman–Crippen MR) is 71.3 cm³/mol. The van der Waals surface area contributed by atoms with Crippen molar-refractivity contribution in [1.29, 1.82) is 5.26 Å². The predicted octanol–water partition coefficient (Wildman–Crippen LogP) is 3.53. The second-order valence-corrected chi connectivity index (χ2v) is 5.04. The molecule has 2 nitrogen and oxygen atoms in total. The zero-order valence-electron chi connectivity index (χ0n) is 10.1. The van der Waals surface area contributed by atoms with Gasteiger partial charge in [0.25, 0.3) is 0 Å². The summed E-state index contributed by atoms with van der Waals surface area (Å²) >= 11 is 5.78. The van der Waals surface area contributed by atoms with Gasteiger partial charge in [0.15, 0.2) is 0 Å². The first-order valence-corrected chi connectivity index (χ1v) is 6.58. The Hall–Kier alpha value is -1.20. The molecule has 0 spiro atoms. The molecule has 0 bridgehead atoms. The number of alkyl halides is 1. The Morgan fingerprint density at radius 3 is 2.76 bits per heavy atom. The fourth-order valence-corrected chi connectivity index (χ4v) is 2.42. The van der Waals surface area contributed by atoms with Crippen molar-refractivity contribution in [2.45, 2.75) is 25.1 Å². The highest BCUT2D eigenvalue weighted by molar-refractivity contribution is 6.17. The van der Waals surface area contributed by atoms with Gasteiger partial charge in [-0.2, -0.15) is 5.26 Å². The van der Waals surface area contributed by atoms with Crippen molar-refractivity contribution < 1.29 is 0 Å². The first-order chi connectivity index (χ1) is 8.24. The number of nitriles is 1. The maximum Gasteiger partial charge on any atom is 0.101 e. The Balaban J connectivity index is 2.15. The average Bonchev–Trinajstić information content (AvgIpc) is 2.32. The van der Waals surface area contributed by atoms with Crippen molar-refractivity contribution >= 4 is 17.3 Å². The Kier molecular flexibility index (Phi) is 3.91. The molecule has 1 aliphatic rings. The van der Waals surface area contributed by atoms with Gasteiger partial charge in [-0.05, 0) is 36.5 Å². The van der Waals surface area contributed by atoms with Gasteiger partial charge in [-0.25, -0.2) is 0 Å². The summed E-state index contributed by atoms with van der Waals surface area (Å²) in [5.41, 5.74) is 2.75. The van der Waals surface area contributed by atoms with Crippen LogP contribution in [0.15, 0.2) is 18.2 Å². The highest BCUT2D eigenvalue weighted by atomic mass is 35.5. The van der Waals surface area contributed by atoms with E-state index in [0.717, 1.165) is 29.3 Å². The van der Waals surface area contributed by atoms with E-state index in [4.69, 9.17) is 11.6 Å². The Labute approximate surface area is 108 Å². The lowest BCUT2D eigenvalue weighted by Crippen LogP contribution is -2.29. The van der Waals surface area contributed by atoms with Crippen LogP contribution in [0.25, 0.3) is 0 Å². The van der Waals surface area contributed by atoms with Crippen LogP contribution in [0.3, 0.4) is 0 Å². The molecule has 17 heavy (non-hydrogen) atoms. The Morgan fingerprint density at radius 1 is 1.47 bits per heavy atom. The van der Waals surface area contributed by atoms with Crippen LogP contribution in [0.4, 0.5) is 5.69 Å². The van der Waals surface area contributed by atoms with E-state index in [-0.39, 0.29) is 0 Å². The molecule has 0 atom stereocenters. The van der Waals surface area contributed by atoms with Crippen LogP contribution in [-0.4, -0.2) is 13.6 Å². The normalized spacial score (nSPS) is 15.1. The highest BCUT2D eigenvalue weighted by Crippen LogP contribution is 2.29. The summed E-state index contributed by atoms with van der Waals surface area (Å²) < 4.78 is 0. The molecule has 90 valence electrons. The molecule has 1 fully saturated rings. The summed E-state index contributed by atoms with van der Waals surface area (Å²) in [7, 11) is 2.06. The van der Waals surface area contributed by atoms with Gasteiger partial charge in [0.1, 0.15) is 6.07 Å². The maximum absolute atomic E-state index is 9.17. The zero-order chi connectivity index (χ0) is 12.3. The monoisotopic (exact) mass is 248 g/mol. The van der Waals surface area contributed by atoms with Crippen LogP contribution in [0, 0.1) is 17.2 Å². The number of halogens is 1. The molecule has 3 heteroatoms. The van der Waals surface area contributed by atoms with Crippen LogP contribution >= 0.6 is 11.6 Å². The van der Waals surface area contributed by atoms with Crippen molar-refractivity contribution in [3.8, 4) is 6.07 Å². The van der Waals surface area contributed by atoms with E-state index in [9.17, 15) is 5.26 Å². The molecule has 0 aromatic heterocycles. The minimum atomic E-state index is 0.460. The maximum atomic E-state index is 9.17. The molecule has 0 unspecified atom stereocenters. The molecule has 0 saturated heterocycles. The van der Waals surface area contributed by atoms with Gasteiger partial charge in [-0.1, -0.05) is 12.5 Å². The van der Waals surface area contributed by atoms with E-state index in [0.29, 0.717) is 5.88 Å². The van der Waals surface area contributed by atoms with E-state index in [1.807, 2.05) is 18.2 Å². The molecule has 1 aromatic rings. The Morgan fingerprint density at radius 2 is 2.24 bits per heavy atom. The molecule has 1 aromatic carbocycles. The number of rotatable bonds is 4. The lowest BCUT2D eigenvalue weighted by atomic mass is 9.85. The largest absolute Gasteiger partial charge is 0.373 e. The molecule has 0 radical (unpaired) electrons. The molecule has 0 N–H and O–H groups in total. The average molecular weight is 249 g/mol. The van der Waals surface area contributed by atoms with Gasteiger partial charge >= 0.3 is 0 Å². The second-order valence-electron chi connectivity index (χ2n) is 4.77.